The van der Waals surface area contributed by atoms with Gasteiger partial charge in [-0.1, -0.05) is 28.1 Å². The van der Waals surface area contributed by atoms with E-state index >= 15 is 0 Å². The number of carbonyl (C=O) groups is 1. The van der Waals surface area contributed by atoms with Crippen LogP contribution in [0, 0.1) is 11.3 Å². The van der Waals surface area contributed by atoms with Gasteiger partial charge in [0.2, 0.25) is 0 Å². The Balaban J connectivity index is 2.46. The summed E-state index contributed by atoms with van der Waals surface area (Å²) in [6.07, 6.45) is 1.71. The van der Waals surface area contributed by atoms with E-state index in [9.17, 15) is 10.1 Å². The van der Waals surface area contributed by atoms with Crippen molar-refractivity contribution in [3.63, 3.8) is 0 Å². The highest BCUT2D eigenvalue weighted by Gasteiger charge is 2.07. The van der Waals surface area contributed by atoms with Crippen LogP contribution in [0.15, 0.2) is 46.9 Å². The second kappa shape index (κ2) is 6.92. The second-order valence-electron chi connectivity index (χ2n) is 4.44. The Hall–Kier alpha value is -2.58. The van der Waals surface area contributed by atoms with E-state index in [1.165, 1.54) is 12.1 Å². The van der Waals surface area contributed by atoms with Gasteiger partial charge in [0.15, 0.2) is 0 Å². The highest BCUT2D eigenvalue weighted by atomic mass is 79.9. The smallest absolute Gasteiger partial charge is 0.335 e. The molecule has 22 heavy (non-hydrogen) atoms. The van der Waals surface area contributed by atoms with Gasteiger partial charge in [-0.25, -0.2) is 4.79 Å². The molecule has 0 aromatic heterocycles. The molecule has 5 heteroatoms. The summed E-state index contributed by atoms with van der Waals surface area (Å²) in [7, 11) is 1.56. The van der Waals surface area contributed by atoms with E-state index in [0.29, 0.717) is 16.9 Å². The van der Waals surface area contributed by atoms with E-state index in [1.807, 2.05) is 12.1 Å². The average molecular weight is 358 g/mol. The maximum Gasteiger partial charge on any atom is 0.335 e. The molecule has 0 aliphatic rings. The molecule has 0 saturated carbocycles. The van der Waals surface area contributed by atoms with Gasteiger partial charge in [0.05, 0.1) is 24.3 Å². The molecule has 2 aromatic rings. The molecule has 0 aliphatic carbocycles. The molecule has 1 N–H and O–H groups in total. The maximum absolute atomic E-state index is 10.9. The van der Waals surface area contributed by atoms with Crippen LogP contribution in [0.4, 0.5) is 0 Å². The van der Waals surface area contributed by atoms with Gasteiger partial charge < -0.3 is 9.84 Å². The minimum Gasteiger partial charge on any atom is -0.496 e. The number of carboxylic acids is 1. The normalized spacial score (nSPS) is 10.9. The summed E-state index contributed by atoms with van der Waals surface area (Å²) >= 11 is 3.39. The van der Waals surface area contributed by atoms with Crippen molar-refractivity contribution in [3.05, 3.63) is 63.6 Å². The number of benzene rings is 2. The SMILES string of the molecule is COc1ccc(Br)cc1C=C(C#N)c1ccc(C(=O)O)cc1. The number of aromatic carboxylic acids is 1. The minimum atomic E-state index is -0.998. The monoisotopic (exact) mass is 357 g/mol. The highest BCUT2D eigenvalue weighted by Crippen LogP contribution is 2.27. The van der Waals surface area contributed by atoms with Crippen molar-refractivity contribution >= 4 is 33.5 Å². The zero-order chi connectivity index (χ0) is 16.1. The van der Waals surface area contributed by atoms with Crippen molar-refractivity contribution in [2.45, 2.75) is 0 Å². The molecule has 0 spiro atoms. The number of carboxylic acid groups (broad SMARTS) is 1. The van der Waals surface area contributed by atoms with Crippen molar-refractivity contribution in [1.82, 2.24) is 0 Å². The van der Waals surface area contributed by atoms with E-state index in [-0.39, 0.29) is 5.56 Å². The van der Waals surface area contributed by atoms with Gasteiger partial charge in [0.25, 0.3) is 0 Å². The van der Waals surface area contributed by atoms with Crippen molar-refractivity contribution in [3.8, 4) is 11.8 Å². The summed E-state index contributed by atoms with van der Waals surface area (Å²) < 4.78 is 6.15. The first kappa shape index (κ1) is 15.8. The van der Waals surface area contributed by atoms with Crippen LogP contribution in [0.3, 0.4) is 0 Å². The topological polar surface area (TPSA) is 70.3 Å². The largest absolute Gasteiger partial charge is 0.496 e. The fourth-order valence-electron chi connectivity index (χ4n) is 1.95. The van der Waals surface area contributed by atoms with Crippen LogP contribution in [-0.4, -0.2) is 18.2 Å². The Bertz CT molecular complexity index is 773. The third kappa shape index (κ3) is 3.54. The van der Waals surface area contributed by atoms with Gasteiger partial charge in [0, 0.05) is 10.0 Å². The van der Waals surface area contributed by atoms with Gasteiger partial charge in [0.1, 0.15) is 5.75 Å². The van der Waals surface area contributed by atoms with Gasteiger partial charge in [-0.2, -0.15) is 5.26 Å². The summed E-state index contributed by atoms with van der Waals surface area (Å²) in [5, 5.41) is 18.3. The first-order chi connectivity index (χ1) is 10.5. The molecular formula is C17H12BrNO3. The van der Waals surface area contributed by atoms with E-state index in [2.05, 4.69) is 22.0 Å². The zero-order valence-electron chi connectivity index (χ0n) is 11.7. The molecule has 0 bridgehead atoms. The number of rotatable bonds is 4. The van der Waals surface area contributed by atoms with Gasteiger partial charge in [-0.15, -0.1) is 0 Å². The van der Waals surface area contributed by atoms with Crippen molar-refractivity contribution in [2.24, 2.45) is 0 Å². The van der Waals surface area contributed by atoms with E-state index in [0.717, 1.165) is 10.0 Å². The average Bonchev–Trinajstić information content (AvgIpc) is 2.53. The number of ether oxygens (including phenoxy) is 1. The van der Waals surface area contributed by atoms with Crippen LogP contribution in [0.2, 0.25) is 0 Å². The minimum absolute atomic E-state index is 0.182. The number of hydrogen-bond donors (Lipinski definition) is 1. The molecule has 0 unspecified atom stereocenters. The lowest BCUT2D eigenvalue weighted by Gasteiger charge is -2.06. The van der Waals surface area contributed by atoms with Crippen LogP contribution in [0.25, 0.3) is 11.6 Å². The third-order valence-electron chi connectivity index (χ3n) is 3.05. The Morgan fingerprint density at radius 1 is 1.23 bits per heavy atom. The molecule has 0 atom stereocenters. The Morgan fingerprint density at radius 2 is 1.86 bits per heavy atom. The summed E-state index contributed by atoms with van der Waals surface area (Å²) in [5.74, 6) is -0.346. The van der Waals surface area contributed by atoms with Gasteiger partial charge in [-0.3, -0.25) is 0 Å². The van der Waals surface area contributed by atoms with E-state index in [1.54, 1.807) is 31.4 Å². The van der Waals surface area contributed by atoms with Crippen molar-refractivity contribution in [1.29, 1.82) is 5.26 Å². The van der Waals surface area contributed by atoms with Crippen molar-refractivity contribution < 1.29 is 14.6 Å². The van der Waals surface area contributed by atoms with Gasteiger partial charge >= 0.3 is 5.97 Å². The molecule has 0 saturated heterocycles. The van der Waals surface area contributed by atoms with Crippen LogP contribution in [0.5, 0.6) is 5.75 Å². The fourth-order valence-corrected chi connectivity index (χ4v) is 2.32. The van der Waals surface area contributed by atoms with Crippen LogP contribution < -0.4 is 4.74 Å². The first-order valence-electron chi connectivity index (χ1n) is 6.34. The summed E-state index contributed by atoms with van der Waals surface area (Å²) in [4.78, 5) is 10.9. The van der Waals surface area contributed by atoms with Crippen LogP contribution in [-0.2, 0) is 0 Å². The first-order valence-corrected chi connectivity index (χ1v) is 7.13. The van der Waals surface area contributed by atoms with Crippen LogP contribution >= 0.6 is 15.9 Å². The molecule has 2 rings (SSSR count). The molecule has 0 radical (unpaired) electrons. The van der Waals surface area contributed by atoms with Gasteiger partial charge in [-0.05, 0) is 42.0 Å². The van der Waals surface area contributed by atoms with Crippen LogP contribution in [0.1, 0.15) is 21.5 Å². The quantitative estimate of drug-likeness (QED) is 0.656. The molecule has 2 aromatic carbocycles. The lowest BCUT2D eigenvalue weighted by molar-refractivity contribution is 0.0697. The van der Waals surface area contributed by atoms with Crippen molar-refractivity contribution in [2.75, 3.05) is 7.11 Å². The summed E-state index contributed by atoms with van der Waals surface area (Å²) in [5.41, 5.74) is 2.01. The number of halogens is 1. The highest BCUT2D eigenvalue weighted by molar-refractivity contribution is 9.10. The number of hydrogen-bond acceptors (Lipinski definition) is 3. The molecule has 0 fully saturated rings. The predicted octanol–water partition coefficient (Wildman–Crippen LogP) is 4.22. The number of nitriles is 1. The number of nitrogens with zero attached hydrogens (tertiary/aromatic N) is 1. The molecule has 0 heterocycles. The molecular weight excluding hydrogens is 346 g/mol. The number of methoxy groups -OCH3 is 1. The molecule has 110 valence electrons. The lowest BCUT2D eigenvalue weighted by atomic mass is 10.0. The molecule has 0 aliphatic heterocycles. The molecule has 0 amide bonds. The number of allylic oxidation sites excluding steroid dienone is 1. The third-order valence-corrected chi connectivity index (χ3v) is 3.55. The van der Waals surface area contributed by atoms with E-state index in [4.69, 9.17) is 9.84 Å². The Morgan fingerprint density at radius 3 is 2.41 bits per heavy atom. The Labute approximate surface area is 136 Å². The summed E-state index contributed by atoms with van der Waals surface area (Å²) in [6.45, 7) is 0. The fraction of sp³-hybridized carbons (Fsp3) is 0.0588. The lowest BCUT2D eigenvalue weighted by Crippen LogP contribution is -1.95. The zero-order valence-corrected chi connectivity index (χ0v) is 13.3. The Kier molecular flexibility index (Phi) is 4.97. The maximum atomic E-state index is 10.9. The standard InChI is InChI=1S/C17H12BrNO3/c1-22-16-7-6-15(18)9-13(16)8-14(10-19)11-2-4-12(5-3-11)17(20)21/h2-9H,1H3,(H,20,21). The molecule has 4 nitrogen and oxygen atoms in total. The second-order valence-corrected chi connectivity index (χ2v) is 5.35. The van der Waals surface area contributed by atoms with E-state index < -0.39 is 5.97 Å². The summed E-state index contributed by atoms with van der Waals surface area (Å²) in [6, 6.07) is 13.8. The predicted molar refractivity (Wildman–Crippen MR) is 87.6 cm³/mol.